The Balaban J connectivity index is 1.75. The number of nitrogens with zero attached hydrogens (tertiary/aromatic N) is 3. The van der Waals surface area contributed by atoms with Crippen LogP contribution in [0.15, 0.2) is 16.7 Å². The van der Waals surface area contributed by atoms with Gasteiger partial charge in [0.05, 0.1) is 16.5 Å². The Labute approximate surface area is 145 Å². The van der Waals surface area contributed by atoms with E-state index in [4.69, 9.17) is 0 Å². The Hall–Kier alpha value is -1.47. The number of thioether (sulfide) groups is 1. The van der Waals surface area contributed by atoms with Gasteiger partial charge in [-0.25, -0.2) is 15.0 Å². The molecule has 2 aromatic rings. The molecule has 0 aliphatic heterocycles. The van der Waals surface area contributed by atoms with Gasteiger partial charge in [0.1, 0.15) is 0 Å². The largest absolute Gasteiger partial charge is 0.355 e. The van der Waals surface area contributed by atoms with E-state index in [0.29, 0.717) is 11.7 Å². The van der Waals surface area contributed by atoms with Crippen molar-refractivity contribution < 1.29 is 4.79 Å². The van der Waals surface area contributed by atoms with Crippen molar-refractivity contribution >= 4 is 29.0 Å². The van der Waals surface area contributed by atoms with Crippen LogP contribution in [0.25, 0.3) is 0 Å². The van der Waals surface area contributed by atoms with Gasteiger partial charge >= 0.3 is 0 Å². The van der Waals surface area contributed by atoms with Gasteiger partial charge in [-0.15, -0.1) is 11.3 Å². The summed E-state index contributed by atoms with van der Waals surface area (Å²) in [5, 5.41) is 3.43. The highest BCUT2D eigenvalue weighted by Gasteiger charge is 2.16. The van der Waals surface area contributed by atoms with Crippen molar-refractivity contribution in [2.75, 3.05) is 6.54 Å². The minimum Gasteiger partial charge on any atom is -0.355 e. The van der Waals surface area contributed by atoms with E-state index in [2.05, 4.69) is 20.3 Å². The number of aromatic nitrogens is 3. The molecule has 2 heterocycles. The van der Waals surface area contributed by atoms with Gasteiger partial charge in [0.15, 0.2) is 5.16 Å². The minimum absolute atomic E-state index is 0.0267. The Bertz CT molecular complexity index is 652. The fraction of sp³-hybridized carbons (Fsp3) is 0.500. The van der Waals surface area contributed by atoms with Crippen LogP contribution in [-0.2, 0) is 11.2 Å². The molecule has 0 aliphatic rings. The van der Waals surface area contributed by atoms with Crippen molar-refractivity contribution in [1.82, 2.24) is 20.3 Å². The summed E-state index contributed by atoms with van der Waals surface area (Å²) < 4.78 is 0. The molecule has 1 amide bonds. The molecule has 0 aromatic carbocycles. The van der Waals surface area contributed by atoms with E-state index in [0.717, 1.165) is 29.9 Å². The molecular weight excluding hydrogens is 328 g/mol. The third-order valence-corrected chi connectivity index (χ3v) is 5.29. The molecule has 0 saturated carbocycles. The van der Waals surface area contributed by atoms with Crippen molar-refractivity contribution in [3.05, 3.63) is 33.5 Å². The molecule has 7 heteroatoms. The lowest BCUT2D eigenvalue weighted by atomic mass is 10.2. The van der Waals surface area contributed by atoms with Crippen molar-refractivity contribution in [2.24, 2.45) is 0 Å². The molecule has 2 aromatic heterocycles. The number of hydrogen-bond donors (Lipinski definition) is 1. The normalized spacial score (nSPS) is 12.2. The maximum absolute atomic E-state index is 12.1. The zero-order valence-corrected chi connectivity index (χ0v) is 15.6. The van der Waals surface area contributed by atoms with Crippen LogP contribution in [0.3, 0.4) is 0 Å². The van der Waals surface area contributed by atoms with Crippen LogP contribution in [0.4, 0.5) is 0 Å². The van der Waals surface area contributed by atoms with Crippen LogP contribution >= 0.6 is 23.1 Å². The quantitative estimate of drug-likeness (QED) is 0.472. The average Bonchev–Trinajstić information content (AvgIpc) is 2.87. The molecule has 1 N–H and O–H groups in total. The molecule has 23 heavy (non-hydrogen) atoms. The zero-order chi connectivity index (χ0) is 16.8. The van der Waals surface area contributed by atoms with E-state index >= 15 is 0 Å². The summed E-state index contributed by atoms with van der Waals surface area (Å²) in [4.78, 5) is 26.4. The second-order valence-electron chi connectivity index (χ2n) is 5.45. The van der Waals surface area contributed by atoms with Crippen LogP contribution in [0.2, 0.25) is 0 Å². The second kappa shape index (κ2) is 8.40. The molecule has 2 rings (SSSR count). The van der Waals surface area contributed by atoms with Gasteiger partial charge in [0.25, 0.3) is 0 Å². The van der Waals surface area contributed by atoms with Gasteiger partial charge in [-0.3, -0.25) is 4.79 Å². The molecule has 124 valence electrons. The maximum Gasteiger partial charge on any atom is 0.233 e. The minimum atomic E-state index is -0.207. The number of carbonyl (C=O) groups excluding carboxylic acids is 1. The molecule has 1 atom stereocenters. The molecule has 0 fully saturated rings. The van der Waals surface area contributed by atoms with E-state index in [1.165, 1.54) is 16.6 Å². The molecule has 0 saturated heterocycles. The van der Waals surface area contributed by atoms with Crippen molar-refractivity contribution in [2.45, 2.75) is 50.9 Å². The average molecular weight is 351 g/mol. The fourth-order valence-electron chi connectivity index (χ4n) is 2.13. The van der Waals surface area contributed by atoms with E-state index in [1.54, 1.807) is 11.3 Å². The number of amides is 1. The number of nitrogens with one attached hydrogen (secondary N) is 1. The number of carbonyl (C=O) groups is 1. The lowest BCUT2D eigenvalue weighted by Crippen LogP contribution is -2.32. The first-order valence-electron chi connectivity index (χ1n) is 7.61. The number of thiazole rings is 1. The first-order valence-corrected chi connectivity index (χ1v) is 9.37. The second-order valence-corrected chi connectivity index (χ2v) is 7.70. The van der Waals surface area contributed by atoms with E-state index in [-0.39, 0.29) is 11.2 Å². The van der Waals surface area contributed by atoms with Crippen LogP contribution in [-0.4, -0.2) is 32.7 Å². The lowest BCUT2D eigenvalue weighted by molar-refractivity contribution is -0.120. The summed E-state index contributed by atoms with van der Waals surface area (Å²) in [6.45, 7) is 8.45. The Morgan fingerprint density at radius 3 is 2.61 bits per heavy atom. The third-order valence-electron chi connectivity index (χ3n) is 3.34. The summed E-state index contributed by atoms with van der Waals surface area (Å²) in [6.07, 6.45) is 1.88. The maximum atomic E-state index is 12.1. The first kappa shape index (κ1) is 17.9. The van der Waals surface area contributed by atoms with E-state index < -0.39 is 0 Å². The van der Waals surface area contributed by atoms with E-state index in [1.807, 2.05) is 39.3 Å². The summed E-state index contributed by atoms with van der Waals surface area (Å²) in [5.74, 6) is 0.0267. The van der Waals surface area contributed by atoms with Gasteiger partial charge in [0.2, 0.25) is 5.91 Å². The monoisotopic (exact) mass is 350 g/mol. The van der Waals surface area contributed by atoms with Crippen molar-refractivity contribution in [3.8, 4) is 0 Å². The van der Waals surface area contributed by atoms with Gasteiger partial charge in [0, 0.05) is 22.8 Å². The Morgan fingerprint density at radius 1 is 1.30 bits per heavy atom. The predicted molar refractivity (Wildman–Crippen MR) is 95.0 cm³/mol. The Kier molecular flexibility index (Phi) is 6.53. The van der Waals surface area contributed by atoms with Crippen LogP contribution in [0.1, 0.15) is 35.3 Å². The Morgan fingerprint density at radius 2 is 2.00 bits per heavy atom. The molecule has 0 spiro atoms. The molecular formula is C16H22N4OS2. The van der Waals surface area contributed by atoms with Crippen molar-refractivity contribution in [3.63, 3.8) is 0 Å². The zero-order valence-electron chi connectivity index (χ0n) is 13.9. The summed E-state index contributed by atoms with van der Waals surface area (Å²) in [7, 11) is 0. The molecule has 5 nitrogen and oxygen atoms in total. The summed E-state index contributed by atoms with van der Waals surface area (Å²) in [6, 6.07) is 1.93. The smallest absolute Gasteiger partial charge is 0.233 e. The number of rotatable bonds is 7. The van der Waals surface area contributed by atoms with Gasteiger partial charge in [-0.05, 0) is 46.6 Å². The van der Waals surface area contributed by atoms with Crippen molar-refractivity contribution in [1.29, 1.82) is 0 Å². The highest BCUT2D eigenvalue weighted by atomic mass is 32.2. The highest BCUT2D eigenvalue weighted by molar-refractivity contribution is 8.00. The molecule has 0 aliphatic carbocycles. The first-order chi connectivity index (χ1) is 11.0. The standard InChI is InChI=1S/C16H22N4OS2/c1-10-8-11(2)20-16(19-10)23-13(4)15(21)17-7-5-6-14-12(3)18-9-22-14/h8-9,13H,5-7H2,1-4H3,(H,17,21)/t13-/m1/s1. The van der Waals surface area contributed by atoms with Gasteiger partial charge in [-0.2, -0.15) is 0 Å². The van der Waals surface area contributed by atoms with Gasteiger partial charge < -0.3 is 5.32 Å². The topological polar surface area (TPSA) is 67.8 Å². The van der Waals surface area contributed by atoms with Gasteiger partial charge in [-0.1, -0.05) is 11.8 Å². The SMILES string of the molecule is Cc1cc(C)nc(S[C@H](C)C(=O)NCCCc2scnc2C)n1. The highest BCUT2D eigenvalue weighted by Crippen LogP contribution is 2.20. The summed E-state index contributed by atoms with van der Waals surface area (Å²) >= 11 is 3.07. The summed E-state index contributed by atoms with van der Waals surface area (Å²) in [5.41, 5.74) is 4.81. The lowest BCUT2D eigenvalue weighted by Gasteiger charge is -2.11. The number of aryl methyl sites for hydroxylation is 4. The molecule has 0 unspecified atom stereocenters. The van der Waals surface area contributed by atoms with Crippen LogP contribution in [0.5, 0.6) is 0 Å². The molecule has 0 bridgehead atoms. The van der Waals surface area contributed by atoms with Crippen LogP contribution < -0.4 is 5.32 Å². The van der Waals surface area contributed by atoms with Crippen LogP contribution in [0, 0.1) is 20.8 Å². The van der Waals surface area contributed by atoms with E-state index in [9.17, 15) is 4.79 Å². The number of hydrogen-bond acceptors (Lipinski definition) is 6. The third kappa shape index (κ3) is 5.58. The molecule has 0 radical (unpaired) electrons. The fourth-order valence-corrected chi connectivity index (χ4v) is 3.85. The predicted octanol–water partition coefficient (Wildman–Crippen LogP) is 3.09.